The number of ether oxygens (including phenoxy) is 2. The van der Waals surface area contributed by atoms with Crippen molar-refractivity contribution < 1.29 is 9.47 Å². The van der Waals surface area contributed by atoms with E-state index in [0.29, 0.717) is 19.8 Å². The minimum atomic E-state index is -0.366. The van der Waals surface area contributed by atoms with E-state index >= 15 is 0 Å². The van der Waals surface area contributed by atoms with E-state index in [1.807, 2.05) is 18.2 Å². The van der Waals surface area contributed by atoms with E-state index in [1.54, 1.807) is 0 Å². The lowest BCUT2D eigenvalue weighted by Crippen LogP contribution is -2.42. The summed E-state index contributed by atoms with van der Waals surface area (Å²) >= 11 is 0. The number of benzene rings is 2. The van der Waals surface area contributed by atoms with Gasteiger partial charge in [-0.05, 0) is 17.2 Å². The highest BCUT2D eigenvalue weighted by atomic mass is 16.6. The Morgan fingerprint density at radius 3 is 2.47 bits per heavy atom. The molecule has 0 bridgehead atoms. The van der Waals surface area contributed by atoms with E-state index in [9.17, 15) is 0 Å². The topological polar surface area (TPSA) is 18.5 Å². The minimum absolute atomic E-state index is 0.366. The van der Waals surface area contributed by atoms with Crippen molar-refractivity contribution in [1.29, 1.82) is 0 Å². The van der Waals surface area contributed by atoms with E-state index in [0.717, 1.165) is 12.0 Å². The summed E-state index contributed by atoms with van der Waals surface area (Å²) < 4.78 is 11.8. The van der Waals surface area contributed by atoms with Crippen molar-refractivity contribution in [2.75, 3.05) is 19.8 Å². The van der Waals surface area contributed by atoms with Crippen LogP contribution in [0.4, 0.5) is 0 Å². The molecule has 0 amide bonds. The molecule has 2 aromatic rings. The number of rotatable bonds is 3. The van der Waals surface area contributed by atoms with Crippen LogP contribution < -0.4 is 0 Å². The molecule has 1 heterocycles. The van der Waals surface area contributed by atoms with Crippen LogP contribution in [-0.4, -0.2) is 19.8 Å². The van der Waals surface area contributed by atoms with E-state index in [-0.39, 0.29) is 5.60 Å². The van der Waals surface area contributed by atoms with Gasteiger partial charge in [0.05, 0.1) is 19.8 Å². The van der Waals surface area contributed by atoms with Crippen LogP contribution in [0.3, 0.4) is 0 Å². The normalized spacial score (nSPS) is 23.2. The Hall–Kier alpha value is -1.64. The molecule has 1 aliphatic rings. The van der Waals surface area contributed by atoms with Crippen molar-refractivity contribution >= 4 is 0 Å². The van der Waals surface area contributed by atoms with Crippen LogP contribution in [0, 0.1) is 6.07 Å². The van der Waals surface area contributed by atoms with Crippen LogP contribution in [0.25, 0.3) is 0 Å². The van der Waals surface area contributed by atoms with Crippen LogP contribution in [0.5, 0.6) is 0 Å². The van der Waals surface area contributed by atoms with E-state index in [4.69, 9.17) is 9.47 Å². The maximum Gasteiger partial charge on any atom is 0.120 e. The van der Waals surface area contributed by atoms with E-state index in [1.165, 1.54) is 5.56 Å². The fourth-order valence-corrected chi connectivity index (χ4v) is 2.56. The van der Waals surface area contributed by atoms with Crippen molar-refractivity contribution in [3.8, 4) is 0 Å². The molecule has 0 N–H and O–H groups in total. The van der Waals surface area contributed by atoms with Crippen LogP contribution in [0.15, 0.2) is 54.6 Å². The summed E-state index contributed by atoms with van der Waals surface area (Å²) in [6.07, 6.45) is 0.831. The first kappa shape index (κ1) is 12.4. The molecule has 0 spiro atoms. The maximum absolute atomic E-state index is 6.12. The Balaban J connectivity index is 1.93. The minimum Gasteiger partial charge on any atom is -0.376 e. The lowest BCUT2D eigenvalue weighted by atomic mass is 9.87. The second-order valence-corrected chi connectivity index (χ2v) is 4.85. The Morgan fingerprint density at radius 2 is 1.79 bits per heavy atom. The smallest absolute Gasteiger partial charge is 0.120 e. The summed E-state index contributed by atoms with van der Waals surface area (Å²) in [6, 6.07) is 21.5. The van der Waals surface area contributed by atoms with E-state index < -0.39 is 0 Å². The van der Waals surface area contributed by atoms with Crippen molar-refractivity contribution in [3.63, 3.8) is 0 Å². The van der Waals surface area contributed by atoms with Gasteiger partial charge >= 0.3 is 0 Å². The predicted molar refractivity (Wildman–Crippen MR) is 73.9 cm³/mol. The molecule has 1 unspecified atom stereocenters. The molecule has 97 valence electrons. The molecule has 1 atom stereocenters. The fraction of sp³-hybridized carbons (Fsp3) is 0.294. The summed E-state index contributed by atoms with van der Waals surface area (Å²) in [7, 11) is 0. The third-order valence-electron chi connectivity index (χ3n) is 3.52. The van der Waals surface area contributed by atoms with Gasteiger partial charge in [-0.25, -0.2) is 0 Å². The summed E-state index contributed by atoms with van der Waals surface area (Å²) in [6.45, 7) is 1.92. The van der Waals surface area contributed by atoms with Gasteiger partial charge in [0.1, 0.15) is 5.60 Å². The second kappa shape index (κ2) is 5.55. The highest BCUT2D eigenvalue weighted by Crippen LogP contribution is 2.32. The van der Waals surface area contributed by atoms with Gasteiger partial charge in [0.25, 0.3) is 0 Å². The molecule has 1 aliphatic heterocycles. The fourth-order valence-electron chi connectivity index (χ4n) is 2.56. The third-order valence-corrected chi connectivity index (χ3v) is 3.52. The molecule has 2 aromatic carbocycles. The number of hydrogen-bond acceptors (Lipinski definition) is 2. The Bertz CT molecular complexity index is 501. The second-order valence-electron chi connectivity index (χ2n) is 4.85. The summed E-state index contributed by atoms with van der Waals surface area (Å²) in [4.78, 5) is 0. The zero-order valence-corrected chi connectivity index (χ0v) is 10.8. The predicted octanol–water partition coefficient (Wildman–Crippen LogP) is 2.97. The van der Waals surface area contributed by atoms with Crippen LogP contribution in [0.1, 0.15) is 11.1 Å². The maximum atomic E-state index is 6.12. The largest absolute Gasteiger partial charge is 0.376 e. The first-order chi connectivity index (χ1) is 9.39. The first-order valence-corrected chi connectivity index (χ1v) is 6.61. The lowest BCUT2D eigenvalue weighted by Gasteiger charge is -2.37. The van der Waals surface area contributed by atoms with Gasteiger partial charge in [0.2, 0.25) is 0 Å². The molecule has 1 radical (unpaired) electrons. The molecule has 0 aliphatic carbocycles. The molecule has 3 rings (SSSR count). The molecule has 0 saturated carbocycles. The monoisotopic (exact) mass is 253 g/mol. The highest BCUT2D eigenvalue weighted by Gasteiger charge is 2.36. The van der Waals surface area contributed by atoms with Crippen molar-refractivity contribution in [2.24, 2.45) is 0 Å². The van der Waals surface area contributed by atoms with Gasteiger partial charge in [-0.2, -0.15) is 0 Å². The van der Waals surface area contributed by atoms with Gasteiger partial charge in [-0.1, -0.05) is 54.6 Å². The molecular weight excluding hydrogens is 236 g/mol. The zero-order chi connectivity index (χ0) is 13.0. The van der Waals surface area contributed by atoms with Crippen LogP contribution in [0.2, 0.25) is 0 Å². The molecule has 1 fully saturated rings. The van der Waals surface area contributed by atoms with Gasteiger partial charge < -0.3 is 9.47 Å². The molecule has 0 aromatic heterocycles. The van der Waals surface area contributed by atoms with Crippen molar-refractivity contribution in [1.82, 2.24) is 0 Å². The Morgan fingerprint density at radius 1 is 1.00 bits per heavy atom. The Kier molecular flexibility index (Phi) is 3.62. The van der Waals surface area contributed by atoms with Crippen LogP contribution in [-0.2, 0) is 21.5 Å². The van der Waals surface area contributed by atoms with E-state index in [2.05, 4.69) is 42.5 Å². The molecule has 19 heavy (non-hydrogen) atoms. The van der Waals surface area contributed by atoms with Crippen molar-refractivity contribution in [2.45, 2.75) is 12.0 Å². The molecular formula is C17H17O2. The van der Waals surface area contributed by atoms with Gasteiger partial charge in [-0.3, -0.25) is 0 Å². The van der Waals surface area contributed by atoms with Gasteiger partial charge in [-0.15, -0.1) is 0 Å². The summed E-state index contributed by atoms with van der Waals surface area (Å²) in [5.74, 6) is 0. The first-order valence-electron chi connectivity index (χ1n) is 6.61. The van der Waals surface area contributed by atoms with Gasteiger partial charge in [0.15, 0.2) is 0 Å². The molecule has 1 saturated heterocycles. The quantitative estimate of drug-likeness (QED) is 0.837. The average molecular weight is 253 g/mol. The van der Waals surface area contributed by atoms with Crippen LogP contribution >= 0.6 is 0 Å². The average Bonchev–Trinajstić information content (AvgIpc) is 2.50. The van der Waals surface area contributed by atoms with Gasteiger partial charge in [0, 0.05) is 6.42 Å². The molecule has 2 nitrogen and oxygen atoms in total. The Labute approximate surface area is 114 Å². The number of hydrogen-bond donors (Lipinski definition) is 0. The SMILES string of the molecule is [c]1ccc(C2(Cc3ccccc3)COCCO2)cc1. The standard InChI is InChI=1S/C17H17O2/c1-3-7-15(8-4-1)13-17(14-18-11-12-19-17)16-9-5-2-6-10-16/h1,3-10H,11-14H2. The molecule has 2 heteroatoms. The zero-order valence-electron chi connectivity index (χ0n) is 10.8. The summed E-state index contributed by atoms with van der Waals surface area (Å²) in [5, 5.41) is 0. The summed E-state index contributed by atoms with van der Waals surface area (Å²) in [5.41, 5.74) is 2.06. The lowest BCUT2D eigenvalue weighted by molar-refractivity contribution is -0.162. The van der Waals surface area contributed by atoms with Crippen molar-refractivity contribution in [3.05, 3.63) is 71.8 Å². The third kappa shape index (κ3) is 2.70. The highest BCUT2D eigenvalue weighted by molar-refractivity contribution is 5.27.